The largest absolute Gasteiger partial charge is 0.497 e. The number of aromatic nitrogens is 1. The Morgan fingerprint density at radius 3 is 2.54 bits per heavy atom. The molecule has 56 heavy (non-hydrogen) atoms. The van der Waals surface area contributed by atoms with Crippen LogP contribution in [-0.2, 0) is 29.1 Å². The zero-order valence-corrected chi connectivity index (χ0v) is 34.7. The lowest BCUT2D eigenvalue weighted by Crippen LogP contribution is -2.59. The van der Waals surface area contributed by atoms with E-state index in [2.05, 4.69) is 27.3 Å². The van der Waals surface area contributed by atoms with Crippen molar-refractivity contribution >= 4 is 56.2 Å². The average Bonchev–Trinajstić information content (AvgIpc) is 4.01. The summed E-state index contributed by atoms with van der Waals surface area (Å²) in [6.07, 6.45) is 7.49. The fraction of sp³-hybridized carbons (Fsp3) is 0.625. The lowest BCUT2D eigenvalue weighted by molar-refractivity contribution is -0.142. The van der Waals surface area contributed by atoms with Gasteiger partial charge in [-0.2, -0.15) is 0 Å². The van der Waals surface area contributed by atoms with Crippen LogP contribution in [-0.4, -0.2) is 89.8 Å². The number of nitrogens with zero attached hydrogens (tertiary/aromatic N) is 2. The lowest BCUT2D eigenvalue weighted by atomic mass is 9.85. The van der Waals surface area contributed by atoms with Gasteiger partial charge in [0.1, 0.15) is 46.0 Å². The van der Waals surface area contributed by atoms with E-state index in [1.165, 1.54) is 18.2 Å². The number of pyridine rings is 1. The first-order valence-corrected chi connectivity index (χ1v) is 21.3. The monoisotopic (exact) mass is 815 g/mol. The Morgan fingerprint density at radius 1 is 1.14 bits per heavy atom. The number of nitrogens with one attached hydrogen (secondary N) is 3. The van der Waals surface area contributed by atoms with Gasteiger partial charge in [-0.05, 0) is 96.3 Å². The molecule has 4 aliphatic rings. The fourth-order valence-electron chi connectivity index (χ4n) is 7.81. The molecule has 306 valence electrons. The number of amides is 4. The van der Waals surface area contributed by atoms with Crippen LogP contribution in [0.2, 0.25) is 5.15 Å². The van der Waals surface area contributed by atoms with Crippen LogP contribution in [0, 0.1) is 17.8 Å². The van der Waals surface area contributed by atoms with Crippen LogP contribution >= 0.6 is 11.6 Å². The number of carbonyl (C=O) groups is 4. The first-order chi connectivity index (χ1) is 26.3. The van der Waals surface area contributed by atoms with Gasteiger partial charge in [-0.15, -0.1) is 0 Å². The van der Waals surface area contributed by atoms with Crippen LogP contribution in [0.25, 0.3) is 10.8 Å². The molecule has 0 unspecified atom stereocenters. The van der Waals surface area contributed by atoms with Gasteiger partial charge in [0, 0.05) is 23.1 Å². The van der Waals surface area contributed by atoms with Crippen molar-refractivity contribution in [3.63, 3.8) is 0 Å². The number of halogens is 1. The van der Waals surface area contributed by atoms with Gasteiger partial charge < -0.3 is 29.7 Å². The van der Waals surface area contributed by atoms with Crippen LogP contribution < -0.4 is 24.8 Å². The third-order valence-electron chi connectivity index (χ3n) is 11.6. The molecule has 2 aromatic rings. The zero-order valence-electron chi connectivity index (χ0n) is 33.1. The number of alkyl carbamates (subject to hydrolysis) is 1. The summed E-state index contributed by atoms with van der Waals surface area (Å²) in [5, 5.41) is 7.25. The minimum Gasteiger partial charge on any atom is -0.497 e. The standard InChI is InChI=1S/C40H54ClN5O9S/c1-8-24-17-23(2)11-9-10-12-25-20-40(25,36(49)45-56(51,52)39(6)15-16-39)44-34(47)30-19-27(22-46(30)35(48)32(24)43-37(50)55-38(3,4)5)54-31-21-42-33(41)28-14-13-26(53-7)18-29(28)31/h10,12-14,18,21,23-25,27,30,32H,8-9,11,15-17,19-20,22H2,1-7H3,(H,43,50)(H,44,47)(H,45,49)/b12-10-/t23-,24-,25-,27-,30+,32+,40-/m1/s1. The highest BCUT2D eigenvalue weighted by atomic mass is 35.5. The molecule has 6 rings (SSSR count). The molecule has 2 aliphatic heterocycles. The third kappa shape index (κ3) is 8.73. The SMILES string of the molecule is CC[C@@H]1C[C@H](C)CC/C=C\[C@@H]2C[C@@]2(C(=O)NS(=O)(=O)C2(C)CC2)NC(=O)[C@@H]2C[C@@H](Oc3cnc(Cl)c4ccc(OC)cc34)CN2C(=O)[C@H]1NC(=O)OC(C)(C)C. The topological polar surface area (TPSA) is 182 Å². The smallest absolute Gasteiger partial charge is 0.408 e. The minimum absolute atomic E-state index is 0.0204. The van der Waals surface area contributed by atoms with E-state index >= 15 is 0 Å². The Balaban J connectivity index is 1.38. The van der Waals surface area contributed by atoms with E-state index in [0.717, 1.165) is 6.42 Å². The van der Waals surface area contributed by atoms with Crippen molar-refractivity contribution in [2.75, 3.05) is 13.7 Å². The molecule has 7 atom stereocenters. The molecule has 0 radical (unpaired) electrons. The minimum atomic E-state index is -4.01. The molecular formula is C40H54ClN5O9S. The van der Waals surface area contributed by atoms with Gasteiger partial charge in [0.25, 0.3) is 5.91 Å². The predicted octanol–water partition coefficient (Wildman–Crippen LogP) is 5.41. The number of carbonyl (C=O) groups excluding carboxylic acids is 4. The van der Waals surface area contributed by atoms with Crippen molar-refractivity contribution in [3.05, 3.63) is 41.7 Å². The number of sulfonamides is 1. The summed E-state index contributed by atoms with van der Waals surface area (Å²) < 4.78 is 45.2. The predicted molar refractivity (Wildman–Crippen MR) is 211 cm³/mol. The molecule has 0 spiro atoms. The quantitative estimate of drug-likeness (QED) is 0.230. The van der Waals surface area contributed by atoms with E-state index in [4.69, 9.17) is 25.8 Å². The summed E-state index contributed by atoms with van der Waals surface area (Å²) in [6, 6.07) is 3.07. The first kappa shape index (κ1) is 41.5. The molecule has 0 bridgehead atoms. The second kappa shape index (κ2) is 15.7. The summed E-state index contributed by atoms with van der Waals surface area (Å²) in [5.41, 5.74) is -2.38. The van der Waals surface area contributed by atoms with E-state index in [9.17, 15) is 27.6 Å². The molecule has 1 saturated heterocycles. The van der Waals surface area contributed by atoms with E-state index in [1.54, 1.807) is 45.9 Å². The number of methoxy groups -OCH3 is 1. The Hall–Kier alpha value is -4.11. The lowest BCUT2D eigenvalue weighted by Gasteiger charge is -2.34. The molecule has 1 aromatic carbocycles. The van der Waals surface area contributed by atoms with Gasteiger partial charge in [0.15, 0.2) is 0 Å². The van der Waals surface area contributed by atoms with Crippen molar-refractivity contribution in [3.8, 4) is 11.5 Å². The highest BCUT2D eigenvalue weighted by Crippen LogP contribution is 2.48. The van der Waals surface area contributed by atoms with Crippen LogP contribution in [0.5, 0.6) is 11.5 Å². The molecular weight excluding hydrogens is 762 g/mol. The second-order valence-electron chi connectivity index (χ2n) is 17.1. The van der Waals surface area contributed by atoms with Crippen molar-refractivity contribution in [1.82, 2.24) is 25.2 Å². The van der Waals surface area contributed by atoms with Gasteiger partial charge in [0.05, 0.1) is 24.6 Å². The summed E-state index contributed by atoms with van der Waals surface area (Å²) in [6.45, 7) is 10.8. The normalized spacial score (nSPS) is 29.8. The molecule has 1 aromatic heterocycles. The number of ether oxygens (including phenoxy) is 3. The maximum absolute atomic E-state index is 14.9. The van der Waals surface area contributed by atoms with Gasteiger partial charge >= 0.3 is 6.09 Å². The summed E-state index contributed by atoms with van der Waals surface area (Å²) in [4.78, 5) is 62.5. The number of fused-ring (bicyclic) bond motifs is 3. The van der Waals surface area contributed by atoms with Gasteiger partial charge in [-0.1, -0.05) is 44.0 Å². The summed E-state index contributed by atoms with van der Waals surface area (Å²) in [7, 11) is -2.47. The van der Waals surface area contributed by atoms with Crippen LogP contribution in [0.4, 0.5) is 4.79 Å². The van der Waals surface area contributed by atoms with Crippen molar-refractivity contribution in [2.45, 2.75) is 127 Å². The maximum Gasteiger partial charge on any atom is 0.408 e. The number of allylic oxidation sites excluding steroid dienone is 1. The highest BCUT2D eigenvalue weighted by molar-refractivity contribution is 7.91. The van der Waals surface area contributed by atoms with Crippen LogP contribution in [0.1, 0.15) is 92.9 Å². The van der Waals surface area contributed by atoms with E-state index in [1.807, 2.05) is 19.1 Å². The maximum atomic E-state index is 14.9. The van der Waals surface area contributed by atoms with Gasteiger partial charge in [-0.3, -0.25) is 19.1 Å². The van der Waals surface area contributed by atoms with E-state index in [0.29, 0.717) is 54.4 Å². The van der Waals surface area contributed by atoms with E-state index < -0.39 is 73.8 Å². The number of hydrogen-bond donors (Lipinski definition) is 3. The molecule has 14 nitrogen and oxygen atoms in total. The average molecular weight is 816 g/mol. The molecule has 16 heteroatoms. The Bertz CT molecular complexity index is 2020. The molecule has 3 fully saturated rings. The summed E-state index contributed by atoms with van der Waals surface area (Å²) >= 11 is 6.43. The molecule has 2 saturated carbocycles. The van der Waals surface area contributed by atoms with Gasteiger partial charge in [0.2, 0.25) is 21.8 Å². The number of benzene rings is 1. The summed E-state index contributed by atoms with van der Waals surface area (Å²) in [5.74, 6) is -1.65. The third-order valence-corrected chi connectivity index (χ3v) is 14.0. The first-order valence-electron chi connectivity index (χ1n) is 19.4. The Kier molecular flexibility index (Phi) is 11.6. The van der Waals surface area contributed by atoms with E-state index in [-0.39, 0.29) is 36.4 Å². The molecule has 3 N–H and O–H groups in total. The zero-order chi connectivity index (χ0) is 40.8. The Labute approximate surface area is 333 Å². The molecule has 2 aliphatic carbocycles. The molecule has 3 heterocycles. The van der Waals surface area contributed by atoms with Crippen molar-refractivity contribution in [1.29, 1.82) is 0 Å². The number of rotatable bonds is 8. The Morgan fingerprint density at radius 2 is 1.88 bits per heavy atom. The van der Waals surface area contributed by atoms with Crippen LogP contribution in [0.15, 0.2) is 36.5 Å². The highest BCUT2D eigenvalue weighted by Gasteiger charge is 2.63. The van der Waals surface area contributed by atoms with Crippen molar-refractivity contribution in [2.24, 2.45) is 17.8 Å². The van der Waals surface area contributed by atoms with Gasteiger partial charge in [-0.25, -0.2) is 18.2 Å². The van der Waals surface area contributed by atoms with Crippen LogP contribution in [0.3, 0.4) is 0 Å². The molecule has 4 amide bonds. The fourth-order valence-corrected chi connectivity index (χ4v) is 9.34. The second-order valence-corrected chi connectivity index (χ2v) is 19.7. The van der Waals surface area contributed by atoms with Crippen molar-refractivity contribution < 1.29 is 41.8 Å². The number of hydrogen-bond acceptors (Lipinski definition) is 10.